The summed E-state index contributed by atoms with van der Waals surface area (Å²) in [5.41, 5.74) is 1.15. The van der Waals surface area contributed by atoms with Crippen LogP contribution in [0.3, 0.4) is 0 Å². The maximum absolute atomic E-state index is 11.3. The molecule has 2 N–H and O–H groups in total. The predicted molar refractivity (Wildman–Crippen MR) is 94.4 cm³/mol. The van der Waals surface area contributed by atoms with E-state index in [-0.39, 0.29) is 5.75 Å². The van der Waals surface area contributed by atoms with Gasteiger partial charge in [0, 0.05) is 38.2 Å². The molecule has 1 aromatic carbocycles. The van der Waals surface area contributed by atoms with Crippen molar-refractivity contribution >= 4 is 31.9 Å². The zero-order valence-corrected chi connectivity index (χ0v) is 15.5. The third kappa shape index (κ3) is 6.33. The molecule has 0 spiro atoms. The largest absolute Gasteiger partial charge is 0.355 e. The van der Waals surface area contributed by atoms with E-state index < -0.39 is 10.0 Å². The molecule has 0 saturated heterocycles. The molecular formula is C14H23BrN4O2S. The highest BCUT2D eigenvalue weighted by molar-refractivity contribution is 9.10. The second-order valence-electron chi connectivity index (χ2n) is 4.72. The van der Waals surface area contributed by atoms with Gasteiger partial charge in [-0.15, -0.1) is 0 Å². The van der Waals surface area contributed by atoms with E-state index in [2.05, 4.69) is 31.0 Å². The van der Waals surface area contributed by atoms with Crippen molar-refractivity contribution in [2.24, 2.45) is 4.99 Å². The fraction of sp³-hybridized carbons (Fsp3) is 0.500. The van der Waals surface area contributed by atoms with Gasteiger partial charge in [-0.25, -0.2) is 13.1 Å². The number of guanidine groups is 1. The highest BCUT2D eigenvalue weighted by Crippen LogP contribution is 2.17. The predicted octanol–water partition coefficient (Wildman–Crippen LogP) is 1.40. The van der Waals surface area contributed by atoms with Crippen molar-refractivity contribution in [3.63, 3.8) is 0 Å². The van der Waals surface area contributed by atoms with Crippen molar-refractivity contribution in [2.45, 2.75) is 13.5 Å². The second-order valence-corrected chi connectivity index (χ2v) is 7.67. The fourth-order valence-electron chi connectivity index (χ4n) is 1.82. The molecule has 124 valence electrons. The Bertz CT molecular complexity index is 605. The molecule has 0 unspecified atom stereocenters. The van der Waals surface area contributed by atoms with Crippen LogP contribution in [0.2, 0.25) is 0 Å². The van der Waals surface area contributed by atoms with Crippen molar-refractivity contribution in [3.8, 4) is 0 Å². The number of rotatable bonds is 7. The van der Waals surface area contributed by atoms with E-state index >= 15 is 0 Å². The van der Waals surface area contributed by atoms with Crippen LogP contribution in [-0.4, -0.2) is 52.2 Å². The lowest BCUT2D eigenvalue weighted by Crippen LogP contribution is -2.42. The Labute approximate surface area is 141 Å². The van der Waals surface area contributed by atoms with Crippen molar-refractivity contribution in [3.05, 3.63) is 34.3 Å². The van der Waals surface area contributed by atoms with E-state index in [0.29, 0.717) is 25.6 Å². The zero-order valence-electron chi connectivity index (χ0n) is 13.1. The molecule has 0 heterocycles. The van der Waals surface area contributed by atoms with E-state index in [1.807, 2.05) is 36.2 Å². The maximum Gasteiger partial charge on any atom is 0.211 e. The lowest BCUT2D eigenvalue weighted by Gasteiger charge is -2.22. The van der Waals surface area contributed by atoms with Gasteiger partial charge in [0.05, 0.1) is 5.75 Å². The minimum Gasteiger partial charge on any atom is -0.355 e. The van der Waals surface area contributed by atoms with Gasteiger partial charge in [0.25, 0.3) is 0 Å². The summed E-state index contributed by atoms with van der Waals surface area (Å²) in [5.74, 6) is 0.801. The summed E-state index contributed by atoms with van der Waals surface area (Å²) in [6.45, 7) is 3.12. The van der Waals surface area contributed by atoms with Gasteiger partial charge in [-0.1, -0.05) is 34.1 Å². The lowest BCUT2D eigenvalue weighted by molar-refractivity contribution is 0.476. The Kier molecular flexibility index (Phi) is 7.84. The molecule has 0 fully saturated rings. The van der Waals surface area contributed by atoms with Crippen molar-refractivity contribution < 1.29 is 8.42 Å². The van der Waals surface area contributed by atoms with E-state index in [1.54, 1.807) is 14.0 Å². The molecular weight excluding hydrogens is 368 g/mol. The van der Waals surface area contributed by atoms with Crippen molar-refractivity contribution in [1.82, 2.24) is 14.9 Å². The van der Waals surface area contributed by atoms with Gasteiger partial charge in [0.2, 0.25) is 10.0 Å². The normalized spacial score (nSPS) is 12.3. The Morgan fingerprint density at radius 3 is 2.59 bits per heavy atom. The molecule has 0 aromatic heterocycles. The minimum absolute atomic E-state index is 0.0870. The molecule has 0 saturated carbocycles. The smallest absolute Gasteiger partial charge is 0.211 e. The van der Waals surface area contributed by atoms with Crippen LogP contribution >= 0.6 is 15.9 Å². The molecule has 0 atom stereocenters. The van der Waals surface area contributed by atoms with Crippen LogP contribution in [0, 0.1) is 0 Å². The average Bonchev–Trinajstić information content (AvgIpc) is 2.49. The second kappa shape index (κ2) is 9.12. The molecule has 1 rings (SSSR count). The van der Waals surface area contributed by atoms with E-state index in [9.17, 15) is 8.42 Å². The van der Waals surface area contributed by atoms with Crippen molar-refractivity contribution in [1.29, 1.82) is 0 Å². The maximum atomic E-state index is 11.3. The fourth-order valence-corrected chi connectivity index (χ4v) is 2.85. The number of nitrogens with one attached hydrogen (secondary N) is 2. The topological polar surface area (TPSA) is 73.8 Å². The summed E-state index contributed by atoms with van der Waals surface area (Å²) >= 11 is 3.53. The first kappa shape index (κ1) is 18.9. The third-order valence-corrected chi connectivity index (χ3v) is 5.23. The van der Waals surface area contributed by atoms with Gasteiger partial charge in [-0.05, 0) is 18.6 Å². The van der Waals surface area contributed by atoms with Crippen molar-refractivity contribution in [2.75, 3.05) is 32.9 Å². The number of benzene rings is 1. The standard InChI is InChI=1S/C14H23BrN4O2S/c1-4-22(20,21)18-10-9-17-14(16-2)19(3)11-12-7-5-6-8-13(12)15/h5-8,18H,4,9-11H2,1-3H3,(H,16,17). The van der Waals surface area contributed by atoms with E-state index in [4.69, 9.17) is 0 Å². The molecule has 6 nitrogen and oxygen atoms in total. The van der Waals surface area contributed by atoms with Crippen LogP contribution in [0.5, 0.6) is 0 Å². The number of aliphatic imine (C=N–C) groups is 1. The van der Waals surface area contributed by atoms with Crippen LogP contribution in [0.15, 0.2) is 33.7 Å². The van der Waals surface area contributed by atoms with Crippen LogP contribution in [-0.2, 0) is 16.6 Å². The quantitative estimate of drug-likeness (QED) is 0.419. The molecule has 0 bridgehead atoms. The molecule has 8 heteroatoms. The summed E-state index contributed by atoms with van der Waals surface area (Å²) in [6, 6.07) is 8.01. The van der Waals surface area contributed by atoms with Crippen LogP contribution in [0.1, 0.15) is 12.5 Å². The molecule has 0 aliphatic heterocycles. The molecule has 22 heavy (non-hydrogen) atoms. The van der Waals surface area contributed by atoms with Gasteiger partial charge >= 0.3 is 0 Å². The molecule has 0 radical (unpaired) electrons. The summed E-state index contributed by atoms with van der Waals surface area (Å²) in [4.78, 5) is 6.19. The molecule has 0 aliphatic rings. The van der Waals surface area contributed by atoms with Crippen LogP contribution < -0.4 is 10.0 Å². The molecule has 0 aliphatic carbocycles. The monoisotopic (exact) mass is 390 g/mol. The SMILES string of the molecule is CCS(=O)(=O)NCCNC(=NC)N(C)Cc1ccccc1Br. The number of halogens is 1. The Morgan fingerprint density at radius 2 is 2.00 bits per heavy atom. The average molecular weight is 391 g/mol. The van der Waals surface area contributed by atoms with E-state index in [1.165, 1.54) is 0 Å². The highest BCUT2D eigenvalue weighted by atomic mass is 79.9. The highest BCUT2D eigenvalue weighted by Gasteiger charge is 2.09. The summed E-state index contributed by atoms with van der Waals surface area (Å²) < 4.78 is 26.2. The Morgan fingerprint density at radius 1 is 1.32 bits per heavy atom. The Hall–Kier alpha value is -1.12. The summed E-state index contributed by atoms with van der Waals surface area (Å²) in [5, 5.41) is 3.14. The number of hydrogen-bond donors (Lipinski definition) is 2. The van der Waals surface area contributed by atoms with Crippen LogP contribution in [0.4, 0.5) is 0 Å². The molecule has 1 aromatic rings. The first-order chi connectivity index (χ1) is 10.4. The zero-order chi connectivity index (χ0) is 16.6. The summed E-state index contributed by atoms with van der Waals surface area (Å²) in [7, 11) is 0.491. The number of nitrogens with zero attached hydrogens (tertiary/aromatic N) is 2. The van der Waals surface area contributed by atoms with E-state index in [0.717, 1.165) is 10.0 Å². The first-order valence-electron chi connectivity index (χ1n) is 7.02. The molecule has 0 amide bonds. The van der Waals surface area contributed by atoms with Gasteiger partial charge < -0.3 is 10.2 Å². The lowest BCUT2D eigenvalue weighted by atomic mass is 10.2. The van der Waals surface area contributed by atoms with Gasteiger partial charge in [-0.3, -0.25) is 4.99 Å². The van der Waals surface area contributed by atoms with Gasteiger partial charge in [0.1, 0.15) is 0 Å². The summed E-state index contributed by atoms with van der Waals surface area (Å²) in [6.07, 6.45) is 0. The third-order valence-electron chi connectivity index (χ3n) is 3.05. The number of hydrogen-bond acceptors (Lipinski definition) is 3. The Balaban J connectivity index is 2.49. The number of sulfonamides is 1. The van der Waals surface area contributed by atoms with Gasteiger partial charge in [0.15, 0.2) is 5.96 Å². The minimum atomic E-state index is -3.15. The van der Waals surface area contributed by atoms with Gasteiger partial charge in [-0.2, -0.15) is 0 Å². The van der Waals surface area contributed by atoms with Crippen LogP contribution in [0.25, 0.3) is 0 Å². The first-order valence-corrected chi connectivity index (χ1v) is 9.46.